The third kappa shape index (κ3) is 5.78. The van der Waals surface area contributed by atoms with E-state index >= 15 is 0 Å². The molecule has 9 heteroatoms. The van der Waals surface area contributed by atoms with Gasteiger partial charge in [0.25, 0.3) is 11.1 Å². The van der Waals surface area contributed by atoms with Crippen LogP contribution in [0.2, 0.25) is 0 Å². The van der Waals surface area contributed by atoms with Crippen molar-refractivity contribution in [3.63, 3.8) is 0 Å². The Morgan fingerprint density at radius 3 is 2.37 bits per heavy atom. The lowest BCUT2D eigenvalue weighted by molar-refractivity contribution is -0.125. The van der Waals surface area contributed by atoms with Crippen LogP contribution in [0.3, 0.4) is 0 Å². The highest BCUT2D eigenvalue weighted by Crippen LogP contribution is 2.17. The highest BCUT2D eigenvalue weighted by molar-refractivity contribution is 8.14. The van der Waals surface area contributed by atoms with E-state index < -0.39 is 11.8 Å². The average Bonchev–Trinajstić information content (AvgIpc) is 2.94. The Labute approximate surface area is 160 Å². The monoisotopic (exact) mass is 389 g/mol. The summed E-state index contributed by atoms with van der Waals surface area (Å²) in [5.74, 6) is -1.18. The summed E-state index contributed by atoms with van der Waals surface area (Å²) in [6.07, 6.45) is 1.14. The van der Waals surface area contributed by atoms with Crippen molar-refractivity contribution in [3.8, 4) is 0 Å². The Kier molecular flexibility index (Phi) is 6.89. The van der Waals surface area contributed by atoms with Crippen LogP contribution in [0.25, 0.3) is 0 Å². The number of nitrogens with zero attached hydrogens (tertiary/aromatic N) is 1. The summed E-state index contributed by atoms with van der Waals surface area (Å²) in [4.78, 5) is 59.2. The maximum absolute atomic E-state index is 12.1. The zero-order chi connectivity index (χ0) is 20.0. The first-order chi connectivity index (χ1) is 12.8. The minimum Gasteiger partial charge on any atom is -0.351 e. The molecule has 0 atom stereocenters. The van der Waals surface area contributed by atoms with Crippen LogP contribution in [-0.2, 0) is 14.4 Å². The lowest BCUT2D eigenvalue weighted by atomic mass is 10.1. The highest BCUT2D eigenvalue weighted by Gasteiger charge is 2.29. The number of amides is 4. The van der Waals surface area contributed by atoms with Gasteiger partial charge in [0.2, 0.25) is 11.8 Å². The molecule has 0 radical (unpaired) electrons. The molecule has 4 amide bonds. The third-order valence-corrected chi connectivity index (χ3v) is 4.59. The lowest BCUT2D eigenvalue weighted by Gasteiger charge is -2.12. The first-order valence-corrected chi connectivity index (χ1v) is 9.12. The van der Waals surface area contributed by atoms with E-state index in [4.69, 9.17) is 0 Å². The first-order valence-electron chi connectivity index (χ1n) is 8.13. The van der Waals surface area contributed by atoms with E-state index in [0.717, 1.165) is 22.7 Å². The van der Waals surface area contributed by atoms with Gasteiger partial charge in [-0.25, -0.2) is 0 Å². The van der Waals surface area contributed by atoms with E-state index in [9.17, 15) is 24.0 Å². The first kappa shape index (κ1) is 20.4. The topological polar surface area (TPSA) is 113 Å². The van der Waals surface area contributed by atoms with Gasteiger partial charge in [-0.15, -0.1) is 0 Å². The maximum atomic E-state index is 12.1. The Morgan fingerprint density at radius 1 is 1.15 bits per heavy atom. The number of thioether (sulfide) groups is 1. The zero-order valence-corrected chi connectivity index (χ0v) is 15.7. The summed E-state index contributed by atoms with van der Waals surface area (Å²) in [7, 11) is 0. The SMILES string of the molecule is CC(=O)c1ccc(NC(=O)/C(C)=C\C(=O)NCCN2C(=O)CSC2=O)cc1. The van der Waals surface area contributed by atoms with E-state index in [-0.39, 0.29) is 41.3 Å². The van der Waals surface area contributed by atoms with Gasteiger partial charge in [0.15, 0.2) is 5.78 Å². The average molecular weight is 389 g/mol. The number of carbonyl (C=O) groups is 5. The Morgan fingerprint density at radius 2 is 1.81 bits per heavy atom. The molecule has 1 aliphatic heterocycles. The summed E-state index contributed by atoms with van der Waals surface area (Å²) >= 11 is 0.931. The Balaban J connectivity index is 1.83. The van der Waals surface area contributed by atoms with Crippen LogP contribution >= 0.6 is 11.8 Å². The van der Waals surface area contributed by atoms with Gasteiger partial charge in [0, 0.05) is 36.0 Å². The van der Waals surface area contributed by atoms with Crippen LogP contribution in [0.4, 0.5) is 10.5 Å². The van der Waals surface area contributed by atoms with E-state index in [1.807, 2.05) is 0 Å². The largest absolute Gasteiger partial charge is 0.351 e. The summed E-state index contributed by atoms with van der Waals surface area (Å²) in [5.41, 5.74) is 1.22. The van der Waals surface area contributed by atoms with Crippen LogP contribution < -0.4 is 10.6 Å². The van der Waals surface area contributed by atoms with Crippen LogP contribution in [-0.4, -0.2) is 52.5 Å². The number of rotatable bonds is 7. The smallest absolute Gasteiger partial charge is 0.288 e. The number of anilines is 1. The quantitative estimate of drug-likeness (QED) is 0.541. The molecule has 0 spiro atoms. The minimum absolute atomic E-state index is 0.0726. The second-order valence-electron chi connectivity index (χ2n) is 5.81. The number of nitrogens with one attached hydrogen (secondary N) is 2. The molecule has 1 aromatic carbocycles. The molecular formula is C18H19N3O5S. The molecule has 0 aliphatic carbocycles. The van der Waals surface area contributed by atoms with Crippen LogP contribution in [0, 0.1) is 0 Å². The van der Waals surface area contributed by atoms with Crippen molar-refractivity contribution < 1.29 is 24.0 Å². The number of carbonyl (C=O) groups excluding carboxylic acids is 5. The fourth-order valence-corrected chi connectivity index (χ4v) is 2.97. The molecule has 0 bridgehead atoms. The van der Waals surface area contributed by atoms with E-state index in [2.05, 4.69) is 10.6 Å². The van der Waals surface area contributed by atoms with Crippen molar-refractivity contribution in [1.29, 1.82) is 0 Å². The highest BCUT2D eigenvalue weighted by atomic mass is 32.2. The van der Waals surface area contributed by atoms with Crippen molar-refractivity contribution in [2.45, 2.75) is 13.8 Å². The van der Waals surface area contributed by atoms with Crippen LogP contribution in [0.15, 0.2) is 35.9 Å². The van der Waals surface area contributed by atoms with E-state index in [0.29, 0.717) is 11.3 Å². The fourth-order valence-electron chi connectivity index (χ4n) is 2.22. The predicted molar refractivity (Wildman–Crippen MR) is 101 cm³/mol. The summed E-state index contributed by atoms with van der Waals surface area (Å²) in [5, 5.41) is 4.84. The molecule has 8 nitrogen and oxygen atoms in total. The molecule has 0 unspecified atom stereocenters. The molecule has 1 aliphatic rings. The predicted octanol–water partition coefficient (Wildman–Crippen LogP) is 1.59. The number of Topliss-reactive ketones (excluding diaryl/α,β-unsaturated/α-hetero) is 1. The summed E-state index contributed by atoms with van der Waals surface area (Å²) < 4.78 is 0. The number of imide groups is 1. The molecule has 1 heterocycles. The van der Waals surface area contributed by atoms with Crippen molar-refractivity contribution in [2.24, 2.45) is 0 Å². The molecule has 27 heavy (non-hydrogen) atoms. The number of hydrogen-bond acceptors (Lipinski definition) is 6. The molecule has 1 aromatic rings. The van der Waals surface area contributed by atoms with Gasteiger partial charge in [-0.3, -0.25) is 28.9 Å². The molecule has 142 valence electrons. The van der Waals surface area contributed by atoms with Crippen molar-refractivity contribution in [2.75, 3.05) is 24.2 Å². The maximum Gasteiger partial charge on any atom is 0.288 e. The Hall–Kier alpha value is -2.94. The fraction of sp³-hybridized carbons (Fsp3) is 0.278. The number of benzene rings is 1. The standard InChI is InChI=1S/C18H19N3O5S/c1-11(17(25)20-14-5-3-13(4-6-14)12(2)22)9-15(23)19-7-8-21-16(24)10-27-18(21)26/h3-6,9H,7-8,10H2,1-2H3,(H,19,23)(H,20,25)/b11-9-. The van der Waals surface area contributed by atoms with Gasteiger partial charge in [-0.05, 0) is 38.1 Å². The van der Waals surface area contributed by atoms with Gasteiger partial charge < -0.3 is 10.6 Å². The normalized spacial score (nSPS) is 14.3. The third-order valence-electron chi connectivity index (χ3n) is 3.73. The van der Waals surface area contributed by atoms with Gasteiger partial charge in [0.1, 0.15) is 0 Å². The molecule has 0 saturated carbocycles. The molecule has 1 saturated heterocycles. The van der Waals surface area contributed by atoms with Crippen molar-refractivity contribution in [1.82, 2.24) is 10.2 Å². The van der Waals surface area contributed by atoms with Gasteiger partial charge in [0.05, 0.1) is 5.75 Å². The van der Waals surface area contributed by atoms with Gasteiger partial charge >= 0.3 is 0 Å². The van der Waals surface area contributed by atoms with Crippen molar-refractivity contribution >= 4 is 46.2 Å². The number of hydrogen-bond donors (Lipinski definition) is 2. The molecule has 2 N–H and O–H groups in total. The second-order valence-corrected chi connectivity index (χ2v) is 6.73. The van der Waals surface area contributed by atoms with Gasteiger partial charge in [-0.1, -0.05) is 11.8 Å². The van der Waals surface area contributed by atoms with Crippen LogP contribution in [0.1, 0.15) is 24.2 Å². The lowest BCUT2D eigenvalue weighted by Crippen LogP contribution is -2.37. The summed E-state index contributed by atoms with van der Waals surface area (Å²) in [6, 6.07) is 6.40. The van der Waals surface area contributed by atoms with E-state index in [1.54, 1.807) is 24.3 Å². The zero-order valence-electron chi connectivity index (χ0n) is 14.9. The van der Waals surface area contributed by atoms with Crippen molar-refractivity contribution in [3.05, 3.63) is 41.5 Å². The van der Waals surface area contributed by atoms with Crippen LogP contribution in [0.5, 0.6) is 0 Å². The molecular weight excluding hydrogens is 370 g/mol. The van der Waals surface area contributed by atoms with Gasteiger partial charge in [-0.2, -0.15) is 0 Å². The second kappa shape index (κ2) is 9.13. The molecule has 0 aromatic heterocycles. The molecule has 2 rings (SSSR count). The van der Waals surface area contributed by atoms with E-state index in [1.165, 1.54) is 13.8 Å². The summed E-state index contributed by atoms with van der Waals surface area (Å²) in [6.45, 7) is 3.14. The minimum atomic E-state index is -0.499. The molecule has 1 fully saturated rings. The number of ketones is 1. The Bertz CT molecular complexity index is 801.